The monoisotopic (exact) mass is 274 g/mol. The highest BCUT2D eigenvalue weighted by Gasteiger charge is 2.43. The van der Waals surface area contributed by atoms with Crippen molar-refractivity contribution < 1.29 is 10.0 Å². The van der Waals surface area contributed by atoms with Crippen LogP contribution in [-0.4, -0.2) is 33.2 Å². The van der Waals surface area contributed by atoms with E-state index < -0.39 is 4.92 Å². The highest BCUT2D eigenvalue weighted by molar-refractivity contribution is 5.62. The standard InChI is InChI=1S/C13H14N4O3/c14-6-8-3-12(17(19)20)13(15-7-8)16-9-1-2-10(16)5-11(18)4-9/h3,7,9-11,18H,1-2,4-5H2. The zero-order chi connectivity index (χ0) is 14.3. The number of nitriles is 1. The number of piperidine rings is 1. The number of aliphatic hydroxyl groups is 1. The van der Waals surface area contributed by atoms with Crippen molar-refractivity contribution >= 4 is 11.5 Å². The lowest BCUT2D eigenvalue weighted by Crippen LogP contribution is -2.45. The lowest BCUT2D eigenvalue weighted by molar-refractivity contribution is -0.384. The van der Waals surface area contributed by atoms with Crippen LogP contribution in [0.3, 0.4) is 0 Å². The van der Waals surface area contributed by atoms with E-state index in [1.807, 2.05) is 11.0 Å². The van der Waals surface area contributed by atoms with Gasteiger partial charge >= 0.3 is 5.69 Å². The van der Waals surface area contributed by atoms with Crippen LogP contribution in [0.1, 0.15) is 31.2 Å². The molecule has 1 N–H and O–H groups in total. The summed E-state index contributed by atoms with van der Waals surface area (Å²) in [5.41, 5.74) is 0.0576. The highest BCUT2D eigenvalue weighted by Crippen LogP contribution is 2.41. The third kappa shape index (κ3) is 1.98. The minimum absolute atomic E-state index is 0.0999. The largest absolute Gasteiger partial charge is 0.393 e. The van der Waals surface area contributed by atoms with Crippen molar-refractivity contribution in [2.24, 2.45) is 0 Å². The van der Waals surface area contributed by atoms with Gasteiger partial charge in [0.25, 0.3) is 0 Å². The predicted molar refractivity (Wildman–Crippen MR) is 70.1 cm³/mol. The van der Waals surface area contributed by atoms with Crippen LogP contribution in [0.2, 0.25) is 0 Å². The maximum Gasteiger partial charge on any atom is 0.312 e. The van der Waals surface area contributed by atoms with Crippen LogP contribution in [0, 0.1) is 21.4 Å². The Labute approximate surface area is 115 Å². The molecular formula is C13H14N4O3. The molecule has 0 radical (unpaired) electrons. The van der Waals surface area contributed by atoms with Crippen LogP contribution in [0.4, 0.5) is 11.5 Å². The Morgan fingerprint density at radius 1 is 1.45 bits per heavy atom. The SMILES string of the molecule is N#Cc1cnc(N2C3CCC2CC(O)C3)c([N+](=O)[O-])c1. The van der Waals surface area contributed by atoms with Gasteiger partial charge in [-0.1, -0.05) is 0 Å². The molecule has 3 heterocycles. The van der Waals surface area contributed by atoms with Gasteiger partial charge in [-0.25, -0.2) is 4.98 Å². The Morgan fingerprint density at radius 3 is 2.65 bits per heavy atom. The van der Waals surface area contributed by atoms with Gasteiger partial charge < -0.3 is 10.0 Å². The first-order chi connectivity index (χ1) is 9.60. The summed E-state index contributed by atoms with van der Waals surface area (Å²) in [6, 6.07) is 3.34. The lowest BCUT2D eigenvalue weighted by Gasteiger charge is -2.37. The van der Waals surface area contributed by atoms with Gasteiger partial charge in [-0.05, 0) is 25.7 Å². The van der Waals surface area contributed by atoms with E-state index in [4.69, 9.17) is 5.26 Å². The summed E-state index contributed by atoms with van der Waals surface area (Å²) in [5.74, 6) is 0.327. The van der Waals surface area contributed by atoms with Crippen LogP contribution in [0.25, 0.3) is 0 Å². The van der Waals surface area contributed by atoms with Gasteiger partial charge in [-0.3, -0.25) is 10.1 Å². The Kier molecular flexibility index (Phi) is 3.03. The molecule has 0 spiro atoms. The molecule has 1 aromatic heterocycles. The second kappa shape index (κ2) is 4.72. The van der Waals surface area contributed by atoms with Crippen molar-refractivity contribution in [3.63, 3.8) is 0 Å². The molecule has 0 saturated carbocycles. The Balaban J connectivity index is 2.03. The van der Waals surface area contributed by atoms with Crippen molar-refractivity contribution in [2.75, 3.05) is 4.90 Å². The molecule has 20 heavy (non-hydrogen) atoms. The summed E-state index contributed by atoms with van der Waals surface area (Å²) < 4.78 is 0. The third-order valence-corrected chi connectivity index (χ3v) is 4.13. The van der Waals surface area contributed by atoms with E-state index in [9.17, 15) is 15.2 Å². The summed E-state index contributed by atoms with van der Waals surface area (Å²) in [6.45, 7) is 0. The zero-order valence-electron chi connectivity index (χ0n) is 10.8. The molecule has 0 aromatic carbocycles. The van der Waals surface area contributed by atoms with Crippen LogP contribution < -0.4 is 4.90 Å². The molecule has 7 heteroatoms. The van der Waals surface area contributed by atoms with E-state index in [0.717, 1.165) is 12.8 Å². The average molecular weight is 274 g/mol. The zero-order valence-corrected chi connectivity index (χ0v) is 10.8. The van der Waals surface area contributed by atoms with Crippen LogP contribution in [0.15, 0.2) is 12.3 Å². The average Bonchev–Trinajstić information content (AvgIpc) is 2.69. The van der Waals surface area contributed by atoms with Crippen molar-refractivity contribution in [3.8, 4) is 6.07 Å². The van der Waals surface area contributed by atoms with E-state index in [-0.39, 0.29) is 29.4 Å². The lowest BCUT2D eigenvalue weighted by atomic mass is 9.99. The number of fused-ring (bicyclic) bond motifs is 2. The first-order valence-corrected chi connectivity index (χ1v) is 6.61. The highest BCUT2D eigenvalue weighted by atomic mass is 16.6. The quantitative estimate of drug-likeness (QED) is 0.645. The number of nitro groups is 1. The molecule has 2 fully saturated rings. The Hall–Kier alpha value is -2.20. The second-order valence-corrected chi connectivity index (χ2v) is 5.35. The predicted octanol–water partition coefficient (Wildman–Crippen LogP) is 1.35. The number of pyridine rings is 1. The van der Waals surface area contributed by atoms with Crippen molar-refractivity contribution in [2.45, 2.75) is 43.9 Å². The molecule has 0 amide bonds. The number of nitrogens with zero attached hydrogens (tertiary/aromatic N) is 4. The number of anilines is 1. The fraction of sp³-hybridized carbons (Fsp3) is 0.538. The third-order valence-electron chi connectivity index (χ3n) is 4.13. The Bertz CT molecular complexity index is 584. The summed E-state index contributed by atoms with van der Waals surface area (Å²) in [4.78, 5) is 16.8. The molecule has 2 aliphatic heterocycles. The Morgan fingerprint density at radius 2 is 2.10 bits per heavy atom. The van der Waals surface area contributed by atoms with Crippen molar-refractivity contribution in [1.82, 2.24) is 4.98 Å². The molecule has 2 atom stereocenters. The first kappa shape index (κ1) is 12.8. The summed E-state index contributed by atoms with van der Waals surface area (Å²) in [5, 5.41) is 29.8. The number of hydrogen-bond donors (Lipinski definition) is 1. The topological polar surface area (TPSA) is 103 Å². The number of hydrogen-bond acceptors (Lipinski definition) is 6. The van der Waals surface area contributed by atoms with Gasteiger partial charge in [0.1, 0.15) is 6.07 Å². The molecule has 2 bridgehead atoms. The van der Waals surface area contributed by atoms with Crippen molar-refractivity contribution in [3.05, 3.63) is 27.9 Å². The van der Waals surface area contributed by atoms with Gasteiger partial charge in [0.2, 0.25) is 5.82 Å². The molecule has 7 nitrogen and oxygen atoms in total. The molecule has 2 aliphatic rings. The number of rotatable bonds is 2. The van der Waals surface area contributed by atoms with Gasteiger partial charge in [0, 0.05) is 24.3 Å². The van der Waals surface area contributed by atoms with Crippen molar-refractivity contribution in [1.29, 1.82) is 5.26 Å². The summed E-state index contributed by atoms with van der Waals surface area (Å²) in [7, 11) is 0. The summed E-state index contributed by atoms with van der Waals surface area (Å²) in [6.07, 6.45) is 4.11. The molecule has 1 aromatic rings. The molecule has 2 saturated heterocycles. The summed E-state index contributed by atoms with van der Waals surface area (Å²) >= 11 is 0. The minimum Gasteiger partial charge on any atom is -0.393 e. The fourth-order valence-electron chi connectivity index (χ4n) is 3.33. The number of aromatic nitrogens is 1. The van der Waals surface area contributed by atoms with E-state index in [1.54, 1.807) is 0 Å². The maximum absolute atomic E-state index is 11.2. The van der Waals surface area contributed by atoms with Gasteiger partial charge in [0.05, 0.1) is 16.6 Å². The normalized spacial score (nSPS) is 28.2. The number of aliphatic hydroxyl groups excluding tert-OH is 1. The van der Waals surface area contributed by atoms with Gasteiger partial charge in [-0.2, -0.15) is 5.26 Å². The smallest absolute Gasteiger partial charge is 0.312 e. The minimum atomic E-state index is -0.492. The second-order valence-electron chi connectivity index (χ2n) is 5.35. The van der Waals surface area contributed by atoms with E-state index >= 15 is 0 Å². The first-order valence-electron chi connectivity index (χ1n) is 6.61. The van der Waals surface area contributed by atoms with E-state index in [1.165, 1.54) is 12.3 Å². The van der Waals surface area contributed by atoms with Crippen LogP contribution >= 0.6 is 0 Å². The van der Waals surface area contributed by atoms with E-state index in [2.05, 4.69) is 4.98 Å². The van der Waals surface area contributed by atoms with Crippen LogP contribution in [-0.2, 0) is 0 Å². The van der Waals surface area contributed by atoms with Gasteiger partial charge in [-0.15, -0.1) is 0 Å². The molecule has 2 unspecified atom stereocenters. The molecule has 3 rings (SSSR count). The van der Waals surface area contributed by atoms with E-state index in [0.29, 0.717) is 18.7 Å². The molecular weight excluding hydrogens is 260 g/mol. The molecule has 104 valence electrons. The van der Waals surface area contributed by atoms with Crippen LogP contribution in [0.5, 0.6) is 0 Å². The molecule has 0 aliphatic carbocycles. The maximum atomic E-state index is 11.2. The van der Waals surface area contributed by atoms with Gasteiger partial charge in [0.15, 0.2) is 0 Å². The fourth-order valence-corrected chi connectivity index (χ4v) is 3.33.